The zero-order valence-corrected chi connectivity index (χ0v) is 34.2. The van der Waals surface area contributed by atoms with Crippen molar-refractivity contribution < 1.29 is 31.8 Å². The maximum absolute atomic E-state index is 13.9. The minimum Gasteiger partial charge on any atom is -0.497 e. The Morgan fingerprint density at radius 3 is 2.46 bits per heavy atom. The predicted molar refractivity (Wildman–Crippen MR) is 220 cm³/mol. The average molecular weight is 824 g/mol. The van der Waals surface area contributed by atoms with Crippen LogP contribution >= 0.6 is 23.2 Å². The van der Waals surface area contributed by atoms with Gasteiger partial charge in [-0.25, -0.2) is 17.6 Å². The number of aryl methyl sites for hydroxylation is 2. The largest absolute Gasteiger partial charge is 0.497 e. The fourth-order valence-corrected chi connectivity index (χ4v) is 9.08. The summed E-state index contributed by atoms with van der Waals surface area (Å²) in [6.07, 6.45) is 1.87. The summed E-state index contributed by atoms with van der Waals surface area (Å²) in [7, 11) is -0.386. The fourth-order valence-electron chi connectivity index (χ4n) is 7.10. The Hall–Kier alpha value is -4.62. The van der Waals surface area contributed by atoms with Crippen molar-refractivity contribution in [1.29, 1.82) is 0 Å². The van der Waals surface area contributed by atoms with Gasteiger partial charge in [0.25, 0.3) is 0 Å². The van der Waals surface area contributed by atoms with Crippen LogP contribution in [0.15, 0.2) is 72.8 Å². The number of aromatic amines is 1. The number of methoxy groups -OCH3 is 1. The van der Waals surface area contributed by atoms with E-state index in [0.29, 0.717) is 70.4 Å². The first-order valence-electron chi connectivity index (χ1n) is 18.5. The molecule has 0 aliphatic rings. The van der Waals surface area contributed by atoms with Crippen molar-refractivity contribution >= 4 is 60.9 Å². The van der Waals surface area contributed by atoms with Gasteiger partial charge in [0.15, 0.2) is 0 Å². The molecule has 2 aromatic heterocycles. The topological polar surface area (TPSA) is 116 Å². The third kappa shape index (κ3) is 8.83. The molecule has 0 amide bonds. The van der Waals surface area contributed by atoms with Crippen LogP contribution in [0.2, 0.25) is 5.02 Å². The number of hydrogen-bond acceptors (Lipinski definition) is 7. The number of aromatic nitrogens is 3. The van der Waals surface area contributed by atoms with Gasteiger partial charge in [0.1, 0.15) is 23.0 Å². The number of nitrogens with one attached hydrogen (secondary N) is 1. The van der Waals surface area contributed by atoms with Crippen LogP contribution in [0.1, 0.15) is 59.7 Å². The summed E-state index contributed by atoms with van der Waals surface area (Å²) >= 11 is 13.0. The zero-order chi connectivity index (χ0) is 40.0. The van der Waals surface area contributed by atoms with E-state index in [9.17, 15) is 17.6 Å². The number of alkyl halides is 1. The second-order valence-electron chi connectivity index (χ2n) is 13.3. The minimum absolute atomic E-state index is 0.0387. The second kappa shape index (κ2) is 18.1. The summed E-state index contributed by atoms with van der Waals surface area (Å²) in [6, 6.07) is 21.0. The van der Waals surface area contributed by atoms with Gasteiger partial charge >= 0.3 is 5.97 Å². The first-order valence-corrected chi connectivity index (χ1v) is 21.0. The van der Waals surface area contributed by atoms with Crippen molar-refractivity contribution in [3.63, 3.8) is 0 Å². The van der Waals surface area contributed by atoms with Crippen molar-refractivity contribution in [1.82, 2.24) is 19.1 Å². The lowest BCUT2D eigenvalue weighted by Gasteiger charge is -2.22. The molecule has 0 aliphatic heterocycles. The molecule has 10 nitrogen and oxygen atoms in total. The van der Waals surface area contributed by atoms with Crippen LogP contribution in [0.4, 0.5) is 4.39 Å². The predicted octanol–water partition coefficient (Wildman–Crippen LogP) is 9.23. The number of nitrogens with zero attached hydrogens (tertiary/aromatic N) is 3. The summed E-state index contributed by atoms with van der Waals surface area (Å²) in [4.78, 5) is 16.9. The first kappa shape index (κ1) is 41.0. The molecular weight excluding hydrogens is 778 g/mol. The average Bonchev–Trinajstić information content (AvgIpc) is 3.71. The van der Waals surface area contributed by atoms with E-state index in [1.807, 2.05) is 50.4 Å². The fraction of sp³-hybridized carbons (Fsp3) is 0.333. The Labute approximate surface area is 336 Å². The number of esters is 1. The Balaban J connectivity index is 1.39. The number of sulfonamides is 1. The molecule has 2 heterocycles. The molecule has 296 valence electrons. The Morgan fingerprint density at radius 1 is 0.982 bits per heavy atom. The summed E-state index contributed by atoms with van der Waals surface area (Å²) in [5, 5.41) is 7.61. The molecule has 0 spiro atoms. The van der Waals surface area contributed by atoms with E-state index in [-0.39, 0.29) is 43.6 Å². The highest BCUT2D eigenvalue weighted by Crippen LogP contribution is 2.42. The highest BCUT2D eigenvalue weighted by atomic mass is 35.5. The van der Waals surface area contributed by atoms with E-state index in [2.05, 4.69) is 4.98 Å². The third-order valence-electron chi connectivity index (χ3n) is 9.74. The van der Waals surface area contributed by atoms with Crippen LogP contribution in [-0.2, 0) is 47.7 Å². The van der Waals surface area contributed by atoms with Crippen molar-refractivity contribution in [3.8, 4) is 22.6 Å². The molecule has 56 heavy (non-hydrogen) atoms. The number of carbonyl (C=O) groups excluding carboxylic acids is 1. The maximum Gasteiger partial charge on any atom is 0.355 e. The van der Waals surface area contributed by atoms with E-state index in [1.165, 1.54) is 16.4 Å². The number of rotatable bonds is 18. The highest BCUT2D eigenvalue weighted by Gasteiger charge is 2.30. The summed E-state index contributed by atoms with van der Waals surface area (Å²) < 4.78 is 61.8. The number of hydrogen-bond donors (Lipinski definition) is 1. The quantitative estimate of drug-likeness (QED) is 0.0522. The number of carbonyl (C=O) groups is 1. The van der Waals surface area contributed by atoms with Gasteiger partial charge in [-0.05, 0) is 91.6 Å². The molecule has 14 heteroatoms. The van der Waals surface area contributed by atoms with Gasteiger partial charge in [-0.1, -0.05) is 48.9 Å². The van der Waals surface area contributed by atoms with Crippen LogP contribution in [0.3, 0.4) is 0 Å². The Kier molecular flexibility index (Phi) is 13.3. The molecule has 4 aromatic carbocycles. The van der Waals surface area contributed by atoms with E-state index in [4.69, 9.17) is 42.5 Å². The van der Waals surface area contributed by atoms with Gasteiger partial charge in [0.2, 0.25) is 10.0 Å². The summed E-state index contributed by atoms with van der Waals surface area (Å²) in [6.45, 7) is 4.33. The normalized spacial score (nSPS) is 11.9. The van der Waals surface area contributed by atoms with Crippen LogP contribution in [-0.4, -0.2) is 65.4 Å². The summed E-state index contributed by atoms with van der Waals surface area (Å²) in [5.74, 6) is 0.561. The number of benzene rings is 4. The molecule has 1 N–H and O–H groups in total. The lowest BCUT2D eigenvalue weighted by atomic mass is 9.97. The molecule has 0 bridgehead atoms. The monoisotopic (exact) mass is 822 g/mol. The summed E-state index contributed by atoms with van der Waals surface area (Å²) in [5.41, 5.74) is 5.10. The molecule has 0 fully saturated rings. The van der Waals surface area contributed by atoms with E-state index in [0.717, 1.165) is 33.0 Å². The lowest BCUT2D eigenvalue weighted by molar-refractivity contribution is 0.0519. The SMILES string of the molecule is CCOC(=O)c1[nH]c2c(-c3c(CN(Cc4ccc(OC)cc4)S(=O)(=O)CCCCl)nn(C)c3CC)c(Cl)ccc2c1CCCOc1cccc2cc(F)ccc12. The van der Waals surface area contributed by atoms with Gasteiger partial charge in [-0.2, -0.15) is 9.40 Å². The van der Waals surface area contributed by atoms with E-state index >= 15 is 0 Å². The molecular formula is C42H45Cl2FN4O6S. The highest BCUT2D eigenvalue weighted by molar-refractivity contribution is 7.89. The van der Waals surface area contributed by atoms with Crippen molar-refractivity contribution in [2.45, 2.75) is 52.6 Å². The molecule has 6 aromatic rings. The smallest absolute Gasteiger partial charge is 0.355 e. The standard InChI is InChI=1S/C42H45Cl2FN4O6S/c1-5-36-39(35(47-48(36)3)26-49(56(51,52)23-9-21-43)25-27-13-16-30(53-4)17-14-27)38-34(44)20-19-33-32(41(46-40(33)38)42(50)54-6-2)11-8-22-55-37-12-7-10-28-24-29(45)15-18-31(28)37/h7,10,12-20,24,46H,5-6,8-9,11,21-23,25-26H2,1-4H3. The lowest BCUT2D eigenvalue weighted by Crippen LogP contribution is -2.32. The third-order valence-corrected chi connectivity index (χ3v) is 12.2. The first-order chi connectivity index (χ1) is 27.0. The van der Waals surface area contributed by atoms with Gasteiger partial charge in [-0.15, -0.1) is 11.6 Å². The molecule has 0 atom stereocenters. The second-order valence-corrected chi connectivity index (χ2v) is 16.2. The molecule has 0 unspecified atom stereocenters. The van der Waals surface area contributed by atoms with Gasteiger partial charge in [-0.3, -0.25) is 4.68 Å². The van der Waals surface area contributed by atoms with Crippen LogP contribution in [0.5, 0.6) is 11.5 Å². The van der Waals surface area contributed by atoms with Gasteiger partial charge in [0, 0.05) is 47.1 Å². The number of ether oxygens (including phenoxy) is 3. The Bertz CT molecular complexity index is 2450. The van der Waals surface area contributed by atoms with Gasteiger partial charge in [0.05, 0.1) is 48.9 Å². The molecule has 0 aliphatic carbocycles. The van der Waals surface area contributed by atoms with Crippen molar-refractivity contribution in [2.75, 3.05) is 32.0 Å². The van der Waals surface area contributed by atoms with Crippen molar-refractivity contribution in [2.24, 2.45) is 7.05 Å². The van der Waals surface area contributed by atoms with Crippen LogP contribution < -0.4 is 9.47 Å². The van der Waals surface area contributed by atoms with E-state index < -0.39 is 16.0 Å². The Morgan fingerprint density at radius 2 is 1.75 bits per heavy atom. The molecule has 0 saturated heterocycles. The number of H-pyrrole nitrogens is 1. The minimum atomic E-state index is -3.79. The number of fused-ring (bicyclic) bond motifs is 2. The number of halogens is 3. The molecule has 0 radical (unpaired) electrons. The van der Waals surface area contributed by atoms with Crippen LogP contribution in [0.25, 0.3) is 32.8 Å². The zero-order valence-electron chi connectivity index (χ0n) is 31.8. The van der Waals surface area contributed by atoms with Crippen molar-refractivity contribution in [3.05, 3.63) is 112 Å². The van der Waals surface area contributed by atoms with Gasteiger partial charge < -0.3 is 19.2 Å². The molecule has 6 rings (SSSR count). The molecule has 0 saturated carbocycles. The maximum atomic E-state index is 13.9. The van der Waals surface area contributed by atoms with E-state index in [1.54, 1.807) is 43.0 Å². The van der Waals surface area contributed by atoms with Crippen LogP contribution in [0, 0.1) is 5.82 Å².